The Hall–Kier alpha value is 0.0600. The Kier molecular flexibility index (Phi) is 3.29. The molecule has 4 heteroatoms. The summed E-state index contributed by atoms with van der Waals surface area (Å²) in [5, 5.41) is -0.563. The zero-order valence-corrected chi connectivity index (χ0v) is 4.50. The molecule has 0 spiro atoms. The van der Waals surface area contributed by atoms with E-state index in [1.807, 2.05) is 0 Å². The van der Waals surface area contributed by atoms with Crippen molar-refractivity contribution in [3.8, 4) is 0 Å². The number of rotatable bonds is 2. The topological polar surface area (TPSA) is 34.1 Å². The summed E-state index contributed by atoms with van der Waals surface area (Å²) in [5.41, 5.74) is 0. The van der Waals surface area contributed by atoms with Gasteiger partial charge >= 0.3 is 0 Å². The van der Waals surface area contributed by atoms with Gasteiger partial charge in [-0.1, -0.05) is 0 Å². The molecule has 0 unspecified atom stereocenters. The summed E-state index contributed by atoms with van der Waals surface area (Å²) in [5.74, 6) is 0. The third-order valence-electron chi connectivity index (χ3n) is 0.189. The fraction of sp³-hybridized carbons (Fsp3) is 0.500. The molecular weight excluding hydrogens is 122 g/mol. The minimum Gasteiger partial charge on any atom is -0.280 e. The van der Waals surface area contributed by atoms with Crippen LogP contribution in [0.4, 0.5) is 0 Å². The van der Waals surface area contributed by atoms with E-state index in [1.54, 1.807) is 0 Å². The van der Waals surface area contributed by atoms with Crippen LogP contribution in [-0.2, 0) is 9.36 Å². The predicted octanol–water partition coefficient (Wildman–Crippen LogP) is 1.04. The molecule has 6 heavy (non-hydrogen) atoms. The van der Waals surface area contributed by atoms with Gasteiger partial charge in [0.1, 0.15) is 6.16 Å². The molecule has 0 aromatic carbocycles. The SMILES string of the molecule is O=PCC(=O)Cl. The minimum atomic E-state index is -0.563. The molecule has 0 saturated heterocycles. The van der Waals surface area contributed by atoms with Crippen LogP contribution < -0.4 is 0 Å². The van der Waals surface area contributed by atoms with Crippen molar-refractivity contribution in [2.75, 3.05) is 6.16 Å². The zero-order chi connectivity index (χ0) is 4.99. The van der Waals surface area contributed by atoms with Crippen LogP contribution in [0.2, 0.25) is 0 Å². The average Bonchev–Trinajstić information content (AvgIpc) is 1.35. The van der Waals surface area contributed by atoms with Crippen molar-refractivity contribution in [1.82, 2.24) is 0 Å². The van der Waals surface area contributed by atoms with E-state index >= 15 is 0 Å². The minimum absolute atomic E-state index is 0.0818. The Morgan fingerprint density at radius 2 is 2.33 bits per heavy atom. The number of hydrogen-bond acceptors (Lipinski definition) is 2. The van der Waals surface area contributed by atoms with Gasteiger partial charge in [0, 0.05) is 0 Å². The first-order chi connectivity index (χ1) is 2.77. The standard InChI is InChI=1S/C2H2ClO2P/c3-2(4)1-6-5/h1H2. The predicted molar refractivity (Wildman–Crippen MR) is 23.3 cm³/mol. The van der Waals surface area contributed by atoms with Crippen molar-refractivity contribution >= 4 is 25.3 Å². The number of carbonyl (C=O) groups excluding carboxylic acids is 1. The summed E-state index contributed by atoms with van der Waals surface area (Å²) in [6, 6.07) is 0. The largest absolute Gasteiger partial charge is 0.280 e. The first kappa shape index (κ1) is 6.06. The normalized spacial score (nSPS) is 8.83. The smallest absolute Gasteiger partial charge is 0.233 e. The van der Waals surface area contributed by atoms with Crippen LogP contribution in [0.5, 0.6) is 0 Å². The molecule has 0 radical (unpaired) electrons. The Morgan fingerprint density at radius 1 is 1.83 bits per heavy atom. The molecule has 0 aliphatic heterocycles. The second kappa shape index (κ2) is 3.26. The molecule has 0 amide bonds. The van der Waals surface area contributed by atoms with Crippen molar-refractivity contribution < 1.29 is 9.36 Å². The first-order valence-electron chi connectivity index (χ1n) is 1.25. The van der Waals surface area contributed by atoms with Crippen LogP contribution in [0.3, 0.4) is 0 Å². The highest BCUT2D eigenvalue weighted by atomic mass is 35.5. The summed E-state index contributed by atoms with van der Waals surface area (Å²) < 4.78 is 9.41. The van der Waals surface area contributed by atoms with E-state index in [-0.39, 0.29) is 14.6 Å². The highest BCUT2D eigenvalue weighted by Gasteiger charge is 1.89. The quantitative estimate of drug-likeness (QED) is 0.407. The van der Waals surface area contributed by atoms with Gasteiger partial charge in [-0.15, -0.1) is 0 Å². The first-order valence-corrected chi connectivity index (χ1v) is 2.62. The third kappa shape index (κ3) is 4.06. The average molecular weight is 124 g/mol. The molecule has 34 valence electrons. The van der Waals surface area contributed by atoms with Crippen molar-refractivity contribution in [3.63, 3.8) is 0 Å². The van der Waals surface area contributed by atoms with Gasteiger partial charge in [-0.3, -0.25) is 9.36 Å². The molecular formula is C2H2ClO2P. The molecule has 0 bridgehead atoms. The fourth-order valence-electron chi connectivity index (χ4n) is 0.0507. The van der Waals surface area contributed by atoms with Crippen LogP contribution in [-0.4, -0.2) is 11.4 Å². The van der Waals surface area contributed by atoms with Gasteiger partial charge in [-0.05, 0) is 11.6 Å². The summed E-state index contributed by atoms with van der Waals surface area (Å²) in [4.78, 5) is 9.60. The second-order valence-electron chi connectivity index (χ2n) is 0.642. The molecule has 0 saturated carbocycles. The van der Waals surface area contributed by atoms with E-state index < -0.39 is 5.24 Å². The Balaban J connectivity index is 3.05. The van der Waals surface area contributed by atoms with E-state index in [2.05, 4.69) is 0 Å². The van der Waals surface area contributed by atoms with Crippen LogP contribution >= 0.6 is 20.1 Å². The number of halogens is 1. The number of hydrogen-bond donors (Lipinski definition) is 0. The summed E-state index contributed by atoms with van der Waals surface area (Å²) in [7, 11) is -0.208. The number of carbonyl (C=O) groups is 1. The molecule has 0 rings (SSSR count). The van der Waals surface area contributed by atoms with Crippen LogP contribution in [0, 0.1) is 0 Å². The Morgan fingerprint density at radius 3 is 2.33 bits per heavy atom. The van der Waals surface area contributed by atoms with E-state index in [0.29, 0.717) is 0 Å². The summed E-state index contributed by atoms with van der Waals surface area (Å²) in [6.45, 7) is 0. The van der Waals surface area contributed by atoms with E-state index in [0.717, 1.165) is 0 Å². The molecule has 0 fully saturated rings. The van der Waals surface area contributed by atoms with Gasteiger partial charge in [-0.25, -0.2) is 0 Å². The van der Waals surface area contributed by atoms with E-state index in [1.165, 1.54) is 0 Å². The maximum absolute atomic E-state index is 9.60. The van der Waals surface area contributed by atoms with Gasteiger partial charge < -0.3 is 0 Å². The van der Waals surface area contributed by atoms with E-state index in [9.17, 15) is 9.36 Å². The molecule has 0 aromatic heterocycles. The van der Waals surface area contributed by atoms with Gasteiger partial charge in [0.25, 0.3) is 0 Å². The van der Waals surface area contributed by atoms with Gasteiger partial charge in [0.05, 0.1) is 0 Å². The molecule has 0 N–H and O–H groups in total. The maximum Gasteiger partial charge on any atom is 0.233 e. The maximum atomic E-state index is 9.60. The van der Waals surface area contributed by atoms with Crippen molar-refractivity contribution in [1.29, 1.82) is 0 Å². The lowest BCUT2D eigenvalue weighted by atomic mass is 10.9. The summed E-state index contributed by atoms with van der Waals surface area (Å²) in [6.07, 6.45) is -0.0818. The molecule has 0 aromatic rings. The molecule has 0 aliphatic carbocycles. The van der Waals surface area contributed by atoms with E-state index in [4.69, 9.17) is 11.6 Å². The van der Waals surface area contributed by atoms with Gasteiger partial charge in [0.15, 0.2) is 8.46 Å². The Labute approximate surface area is 41.7 Å². The molecule has 2 nitrogen and oxygen atoms in total. The zero-order valence-electron chi connectivity index (χ0n) is 2.85. The lowest BCUT2D eigenvalue weighted by molar-refractivity contribution is -0.109. The molecule has 0 aliphatic rings. The van der Waals surface area contributed by atoms with Crippen LogP contribution in [0.15, 0.2) is 0 Å². The third-order valence-corrected chi connectivity index (χ3v) is 0.925. The van der Waals surface area contributed by atoms with Crippen molar-refractivity contribution in [2.24, 2.45) is 0 Å². The fourth-order valence-corrected chi connectivity index (χ4v) is 0.299. The van der Waals surface area contributed by atoms with Crippen molar-refractivity contribution in [3.05, 3.63) is 0 Å². The highest BCUT2D eigenvalue weighted by molar-refractivity contribution is 7.26. The van der Waals surface area contributed by atoms with Crippen molar-refractivity contribution in [2.45, 2.75) is 0 Å². The van der Waals surface area contributed by atoms with Crippen LogP contribution in [0.25, 0.3) is 0 Å². The van der Waals surface area contributed by atoms with Gasteiger partial charge in [0.2, 0.25) is 5.24 Å². The monoisotopic (exact) mass is 124 g/mol. The second-order valence-corrected chi connectivity index (χ2v) is 1.64. The molecule has 0 atom stereocenters. The lowest BCUT2D eigenvalue weighted by Gasteiger charge is -1.66. The highest BCUT2D eigenvalue weighted by Crippen LogP contribution is 1.92. The molecule has 0 heterocycles. The van der Waals surface area contributed by atoms with Crippen LogP contribution in [0.1, 0.15) is 0 Å². The lowest BCUT2D eigenvalue weighted by Crippen LogP contribution is -1.82. The van der Waals surface area contributed by atoms with Gasteiger partial charge in [-0.2, -0.15) is 0 Å². The summed E-state index contributed by atoms with van der Waals surface area (Å²) >= 11 is 4.73. The Bertz CT molecular complexity index is 71.9.